The minimum Gasteiger partial charge on any atom is -0.329 e. The van der Waals surface area contributed by atoms with Crippen LogP contribution in [0.15, 0.2) is 59.4 Å². The Morgan fingerprint density at radius 2 is 1.75 bits per heavy atom. The minimum atomic E-state index is -0.532. The first kappa shape index (κ1) is 25.6. The van der Waals surface area contributed by atoms with E-state index in [-0.39, 0.29) is 36.3 Å². The molecule has 0 aliphatic carbocycles. The predicted octanol–water partition coefficient (Wildman–Crippen LogP) is 4.01. The van der Waals surface area contributed by atoms with Crippen molar-refractivity contribution < 1.29 is 4.79 Å². The van der Waals surface area contributed by atoms with Crippen molar-refractivity contribution >= 4 is 23.2 Å². The highest BCUT2D eigenvalue weighted by molar-refractivity contribution is 6.34. The molecule has 0 saturated carbocycles. The SMILES string of the molecule is Cc1ccc(C(=O)N(CCN)C(c2nc3c(Cl)c(C)nn3c(=O)n2Cc2ccccc2)C(C)C)cc1. The monoisotopic (exact) mass is 506 g/mol. The second-order valence-corrected chi connectivity index (χ2v) is 9.68. The van der Waals surface area contributed by atoms with Crippen LogP contribution in [0.5, 0.6) is 0 Å². The first-order valence-corrected chi connectivity index (χ1v) is 12.4. The highest BCUT2D eigenvalue weighted by Crippen LogP contribution is 2.30. The molecule has 1 amide bonds. The quantitative estimate of drug-likeness (QED) is 0.389. The van der Waals surface area contributed by atoms with Gasteiger partial charge < -0.3 is 10.6 Å². The van der Waals surface area contributed by atoms with Gasteiger partial charge in [-0.1, -0.05) is 73.5 Å². The number of hydrogen-bond donors (Lipinski definition) is 1. The highest BCUT2D eigenvalue weighted by atomic mass is 35.5. The Morgan fingerprint density at radius 3 is 2.36 bits per heavy atom. The predicted molar refractivity (Wildman–Crippen MR) is 141 cm³/mol. The van der Waals surface area contributed by atoms with Gasteiger partial charge in [-0.05, 0) is 37.5 Å². The van der Waals surface area contributed by atoms with Crippen molar-refractivity contribution in [1.82, 2.24) is 24.1 Å². The number of amides is 1. The third-order valence-electron chi connectivity index (χ3n) is 6.22. The maximum Gasteiger partial charge on any atom is 0.352 e. The fourth-order valence-corrected chi connectivity index (χ4v) is 4.57. The molecule has 0 aliphatic rings. The van der Waals surface area contributed by atoms with E-state index in [1.54, 1.807) is 16.4 Å². The van der Waals surface area contributed by atoms with Crippen LogP contribution in [0.1, 0.15) is 52.9 Å². The fraction of sp³-hybridized carbons (Fsp3) is 0.333. The Hall–Kier alpha value is -3.49. The van der Waals surface area contributed by atoms with Crippen LogP contribution in [-0.4, -0.2) is 43.1 Å². The van der Waals surface area contributed by atoms with Gasteiger partial charge in [-0.25, -0.2) is 9.78 Å². The smallest absolute Gasteiger partial charge is 0.329 e. The molecule has 2 aromatic carbocycles. The molecule has 2 N–H and O–H groups in total. The summed E-state index contributed by atoms with van der Waals surface area (Å²) in [5.41, 5.74) is 8.94. The number of nitrogens with two attached hydrogens (primary N) is 1. The van der Waals surface area contributed by atoms with Crippen molar-refractivity contribution in [1.29, 1.82) is 0 Å². The summed E-state index contributed by atoms with van der Waals surface area (Å²) in [6.45, 7) is 8.55. The Balaban J connectivity index is 1.94. The van der Waals surface area contributed by atoms with Crippen LogP contribution in [0.25, 0.3) is 5.65 Å². The topological polar surface area (TPSA) is 98.5 Å². The number of carbonyl (C=O) groups excluding carboxylic acids is 1. The number of aromatic nitrogens is 4. The second-order valence-electron chi connectivity index (χ2n) is 9.30. The molecule has 0 saturated heterocycles. The number of halogens is 1. The summed E-state index contributed by atoms with van der Waals surface area (Å²) in [6, 6.07) is 16.5. The van der Waals surface area contributed by atoms with Crippen LogP contribution in [0.3, 0.4) is 0 Å². The lowest BCUT2D eigenvalue weighted by atomic mass is 9.99. The van der Waals surface area contributed by atoms with Gasteiger partial charge >= 0.3 is 5.69 Å². The van der Waals surface area contributed by atoms with E-state index in [0.717, 1.165) is 11.1 Å². The van der Waals surface area contributed by atoms with Crippen molar-refractivity contribution in [2.75, 3.05) is 13.1 Å². The van der Waals surface area contributed by atoms with E-state index < -0.39 is 6.04 Å². The van der Waals surface area contributed by atoms with Gasteiger partial charge in [0.05, 0.1) is 18.3 Å². The van der Waals surface area contributed by atoms with E-state index in [4.69, 9.17) is 22.3 Å². The molecule has 4 aromatic rings. The molecule has 0 fully saturated rings. The lowest BCUT2D eigenvalue weighted by Crippen LogP contribution is -2.44. The van der Waals surface area contributed by atoms with Gasteiger partial charge in [-0.2, -0.15) is 9.61 Å². The summed E-state index contributed by atoms with van der Waals surface area (Å²) in [5.74, 6) is 0.197. The zero-order valence-corrected chi connectivity index (χ0v) is 21.7. The maximum absolute atomic E-state index is 13.8. The molecule has 2 heterocycles. The van der Waals surface area contributed by atoms with E-state index >= 15 is 0 Å². The second kappa shape index (κ2) is 10.6. The summed E-state index contributed by atoms with van der Waals surface area (Å²) in [5, 5.41) is 4.64. The van der Waals surface area contributed by atoms with Crippen molar-refractivity contribution in [3.05, 3.63) is 98.3 Å². The first-order valence-electron chi connectivity index (χ1n) is 12.0. The van der Waals surface area contributed by atoms with Crippen LogP contribution in [-0.2, 0) is 6.54 Å². The number of benzene rings is 2. The summed E-state index contributed by atoms with van der Waals surface area (Å²) in [7, 11) is 0. The van der Waals surface area contributed by atoms with Crippen LogP contribution < -0.4 is 11.4 Å². The minimum absolute atomic E-state index is 0.0786. The third-order valence-corrected chi connectivity index (χ3v) is 6.66. The summed E-state index contributed by atoms with van der Waals surface area (Å²) >= 11 is 6.50. The van der Waals surface area contributed by atoms with Gasteiger partial charge in [0.2, 0.25) is 0 Å². The van der Waals surface area contributed by atoms with Crippen LogP contribution in [0, 0.1) is 19.8 Å². The van der Waals surface area contributed by atoms with Gasteiger partial charge in [0, 0.05) is 18.7 Å². The van der Waals surface area contributed by atoms with E-state index in [1.807, 2.05) is 75.4 Å². The van der Waals surface area contributed by atoms with Gasteiger partial charge in [-0.3, -0.25) is 9.36 Å². The molecule has 4 rings (SSSR count). The molecule has 0 radical (unpaired) electrons. The van der Waals surface area contributed by atoms with Crippen LogP contribution >= 0.6 is 11.6 Å². The molecule has 36 heavy (non-hydrogen) atoms. The molecule has 0 bridgehead atoms. The van der Waals surface area contributed by atoms with Crippen molar-refractivity contribution in [3.8, 4) is 0 Å². The standard InChI is InChI=1S/C27H31ClN6O2/c1-17(2)23(32(15-14-29)26(35)21-12-10-18(3)11-13-21)25-30-24-22(28)19(4)31-34(24)27(36)33(25)16-20-8-6-5-7-9-20/h5-13,17,23H,14-16,29H2,1-4H3. The Morgan fingerprint density at radius 1 is 1.08 bits per heavy atom. The number of hydrogen-bond acceptors (Lipinski definition) is 5. The van der Waals surface area contributed by atoms with Crippen LogP contribution in [0.2, 0.25) is 5.02 Å². The highest BCUT2D eigenvalue weighted by Gasteiger charge is 2.33. The Bertz CT molecular complexity index is 1430. The zero-order valence-electron chi connectivity index (χ0n) is 21.0. The molecule has 9 heteroatoms. The molecule has 8 nitrogen and oxygen atoms in total. The van der Waals surface area contributed by atoms with E-state index in [2.05, 4.69) is 5.10 Å². The normalized spacial score (nSPS) is 12.3. The average Bonchev–Trinajstić information content (AvgIpc) is 3.15. The number of carbonyl (C=O) groups is 1. The molecule has 1 atom stereocenters. The molecule has 1 unspecified atom stereocenters. The average molecular weight is 507 g/mol. The fourth-order valence-electron chi connectivity index (χ4n) is 4.41. The molecular weight excluding hydrogens is 476 g/mol. The molecule has 188 valence electrons. The zero-order chi connectivity index (χ0) is 26.0. The largest absolute Gasteiger partial charge is 0.352 e. The summed E-state index contributed by atoms with van der Waals surface area (Å²) < 4.78 is 2.82. The number of aryl methyl sites for hydroxylation is 2. The van der Waals surface area contributed by atoms with E-state index in [1.165, 1.54) is 4.52 Å². The van der Waals surface area contributed by atoms with Gasteiger partial charge in [0.1, 0.15) is 10.8 Å². The van der Waals surface area contributed by atoms with E-state index in [9.17, 15) is 9.59 Å². The lowest BCUT2D eigenvalue weighted by Gasteiger charge is -2.35. The number of rotatable bonds is 8. The molecule has 2 aromatic heterocycles. The Labute approximate surface area is 215 Å². The summed E-state index contributed by atoms with van der Waals surface area (Å²) in [4.78, 5) is 34.1. The molecule has 0 spiro atoms. The summed E-state index contributed by atoms with van der Waals surface area (Å²) in [6.07, 6.45) is 0. The van der Waals surface area contributed by atoms with Crippen molar-refractivity contribution in [3.63, 3.8) is 0 Å². The Kier molecular flexibility index (Phi) is 7.56. The number of nitrogens with zero attached hydrogens (tertiary/aromatic N) is 5. The van der Waals surface area contributed by atoms with E-state index in [0.29, 0.717) is 28.6 Å². The first-order chi connectivity index (χ1) is 17.2. The van der Waals surface area contributed by atoms with Gasteiger partial charge in [0.25, 0.3) is 5.91 Å². The maximum atomic E-state index is 13.8. The molecule has 0 aliphatic heterocycles. The van der Waals surface area contributed by atoms with Crippen molar-refractivity contribution in [2.45, 2.75) is 40.3 Å². The van der Waals surface area contributed by atoms with Gasteiger partial charge in [-0.15, -0.1) is 0 Å². The molecular formula is C27H31ClN6O2. The van der Waals surface area contributed by atoms with Gasteiger partial charge in [0.15, 0.2) is 5.65 Å². The van der Waals surface area contributed by atoms with Crippen molar-refractivity contribution in [2.24, 2.45) is 11.7 Å². The lowest BCUT2D eigenvalue weighted by molar-refractivity contribution is 0.0611. The number of fused-ring (bicyclic) bond motifs is 1. The third kappa shape index (κ3) is 4.92. The van der Waals surface area contributed by atoms with Crippen LogP contribution in [0.4, 0.5) is 0 Å².